The number of ether oxygens (including phenoxy) is 3. The topological polar surface area (TPSA) is 82.1 Å². The standard InChI is InChI=1S/C18H22F12O3.C9H12F6O2.C7H10F6O/c1-4-12(2,3)11(31)33-14(17(25,26)27,18(28,29)30)10-7-5-9(6-8-10)13(32,15(19,20)21)16(22,23)24;1-4-7(2,3)6(16)17-5(8(10,11)12)9(13,14)15;1-3-4(2)14-5(6(8,9)10)7(11,12)13/h9-10,32H,4-8H2,1-3H3;5H,4H2,1-3H3;4-5H,3H2,1-2H3. The highest BCUT2D eigenvalue weighted by molar-refractivity contribution is 5.76. The molecule has 1 atom stereocenters. The summed E-state index contributed by atoms with van der Waals surface area (Å²) in [5.41, 5.74) is -13.7. The van der Waals surface area contributed by atoms with Crippen LogP contribution < -0.4 is 0 Å². The number of aliphatic hydroxyl groups is 1. The normalized spacial score (nSPS) is 18.7. The van der Waals surface area contributed by atoms with E-state index in [1.165, 1.54) is 34.6 Å². The third-order valence-corrected chi connectivity index (χ3v) is 10.1. The molecule has 6 nitrogen and oxygen atoms in total. The van der Waals surface area contributed by atoms with Crippen LogP contribution in [0.15, 0.2) is 0 Å². The molecule has 0 aliphatic heterocycles. The molecule has 0 saturated heterocycles. The Labute approximate surface area is 348 Å². The maximum atomic E-state index is 13.8. The van der Waals surface area contributed by atoms with Gasteiger partial charge in [-0.15, -0.1) is 0 Å². The lowest BCUT2D eigenvalue weighted by atomic mass is 9.67. The molecule has 1 aliphatic carbocycles. The van der Waals surface area contributed by atoms with Gasteiger partial charge in [-0.1, -0.05) is 20.8 Å². The van der Waals surface area contributed by atoms with E-state index >= 15 is 0 Å². The maximum absolute atomic E-state index is 13.8. The van der Waals surface area contributed by atoms with Crippen LogP contribution in [-0.4, -0.2) is 96.0 Å². The van der Waals surface area contributed by atoms with Crippen molar-refractivity contribution >= 4 is 11.9 Å². The monoisotopic (exact) mass is 1000 g/mol. The van der Waals surface area contributed by atoms with Crippen LogP contribution in [0, 0.1) is 22.7 Å². The van der Waals surface area contributed by atoms with E-state index in [9.17, 15) is 120 Å². The van der Waals surface area contributed by atoms with Gasteiger partial charge in [-0.05, 0) is 79.6 Å². The minimum absolute atomic E-state index is 0.0638. The molecule has 30 heteroatoms. The van der Waals surface area contributed by atoms with Gasteiger partial charge in [0.25, 0.3) is 11.7 Å². The third kappa shape index (κ3) is 15.9. The molecule has 0 aromatic heterocycles. The Morgan fingerprint density at radius 1 is 0.500 bits per heavy atom. The van der Waals surface area contributed by atoms with E-state index in [1.807, 2.05) is 0 Å². The average Bonchev–Trinajstić information content (AvgIpc) is 3.07. The summed E-state index contributed by atoms with van der Waals surface area (Å²) in [6.07, 6.45) is -62.1. The molecule has 1 saturated carbocycles. The number of rotatable bonds is 11. The van der Waals surface area contributed by atoms with Gasteiger partial charge in [-0.2, -0.15) is 105 Å². The fourth-order valence-corrected chi connectivity index (χ4v) is 5.19. The number of hydrogen-bond acceptors (Lipinski definition) is 6. The highest BCUT2D eigenvalue weighted by atomic mass is 19.4. The van der Waals surface area contributed by atoms with Crippen LogP contribution in [-0.2, 0) is 23.8 Å². The van der Waals surface area contributed by atoms with Crippen LogP contribution in [0.2, 0.25) is 0 Å². The van der Waals surface area contributed by atoms with Crippen molar-refractivity contribution in [1.82, 2.24) is 0 Å². The molecule has 0 bridgehead atoms. The van der Waals surface area contributed by atoms with E-state index in [-0.39, 0.29) is 19.3 Å². The molecule has 1 aliphatic rings. The molecule has 0 heterocycles. The van der Waals surface area contributed by atoms with Gasteiger partial charge in [-0.3, -0.25) is 9.59 Å². The van der Waals surface area contributed by atoms with E-state index in [2.05, 4.69) is 14.2 Å². The van der Waals surface area contributed by atoms with E-state index in [1.54, 1.807) is 0 Å². The Kier molecular flexibility index (Phi) is 20.8. The van der Waals surface area contributed by atoms with Crippen LogP contribution in [0.1, 0.15) is 100 Å². The first-order valence-electron chi connectivity index (χ1n) is 18.2. The number of carbonyl (C=O) groups is 2. The Balaban J connectivity index is 0. The van der Waals surface area contributed by atoms with Crippen LogP contribution in [0.5, 0.6) is 0 Å². The van der Waals surface area contributed by atoms with E-state index in [0.717, 1.165) is 20.8 Å². The van der Waals surface area contributed by atoms with Gasteiger partial charge < -0.3 is 19.3 Å². The zero-order chi connectivity index (χ0) is 52.1. The second-order valence-corrected chi connectivity index (χ2v) is 15.6. The second-order valence-electron chi connectivity index (χ2n) is 15.6. The summed E-state index contributed by atoms with van der Waals surface area (Å²) in [5, 5.41) is 9.42. The van der Waals surface area contributed by atoms with Crippen LogP contribution in [0.4, 0.5) is 105 Å². The SMILES string of the molecule is CCC(C)(C)C(=O)OC(C(F)(F)F)C(F)(F)F.CCC(C)(C)C(=O)OC(C1CCC(C(O)(C(F)(F)F)C(F)(F)F)CC1)(C(F)(F)F)C(F)(F)F.CCC(C)OC(C(F)(F)F)C(F)(F)F. The van der Waals surface area contributed by atoms with Crippen molar-refractivity contribution in [2.75, 3.05) is 0 Å². The van der Waals surface area contributed by atoms with Gasteiger partial charge in [0.2, 0.25) is 6.10 Å². The molecule has 1 rings (SSSR count). The third-order valence-electron chi connectivity index (χ3n) is 10.1. The highest BCUT2D eigenvalue weighted by Crippen LogP contribution is 2.58. The van der Waals surface area contributed by atoms with Crippen molar-refractivity contribution in [1.29, 1.82) is 0 Å². The first kappa shape index (κ1) is 63.3. The summed E-state index contributed by atoms with van der Waals surface area (Å²) in [5.74, 6) is -8.89. The smallest absolute Gasteiger partial charge is 0.437 e. The highest BCUT2D eigenvalue weighted by Gasteiger charge is 2.79. The van der Waals surface area contributed by atoms with Crippen LogP contribution in [0.3, 0.4) is 0 Å². The van der Waals surface area contributed by atoms with Gasteiger partial charge in [0.1, 0.15) is 0 Å². The summed E-state index contributed by atoms with van der Waals surface area (Å²) in [4.78, 5) is 23.4. The number of hydrogen-bond donors (Lipinski definition) is 1. The number of carbonyl (C=O) groups excluding carboxylic acids is 2. The van der Waals surface area contributed by atoms with Crippen molar-refractivity contribution in [2.45, 2.75) is 179 Å². The molecule has 0 amide bonds. The van der Waals surface area contributed by atoms with Crippen molar-refractivity contribution < 1.29 is 134 Å². The van der Waals surface area contributed by atoms with Gasteiger partial charge in [-0.25, -0.2) is 0 Å². The number of alkyl halides is 24. The summed E-state index contributed by atoms with van der Waals surface area (Å²) in [7, 11) is 0. The van der Waals surface area contributed by atoms with E-state index in [0.29, 0.717) is 0 Å². The molecule has 0 radical (unpaired) electrons. The summed E-state index contributed by atoms with van der Waals surface area (Å²) in [6, 6.07) is 0. The molecule has 0 spiro atoms. The molecule has 384 valence electrons. The minimum Gasteiger partial charge on any atom is -0.442 e. The Morgan fingerprint density at radius 3 is 1.05 bits per heavy atom. The zero-order valence-electron chi connectivity index (χ0n) is 34.4. The average molecular weight is 1000 g/mol. The Morgan fingerprint density at radius 2 is 0.797 bits per heavy atom. The Hall–Kier alpha value is -2.82. The summed E-state index contributed by atoms with van der Waals surface area (Å²) < 4.78 is 316. The predicted octanol–water partition coefficient (Wildman–Crippen LogP) is 13.2. The fraction of sp³-hybridized carbons (Fsp3) is 0.941. The second kappa shape index (κ2) is 21.0. The van der Waals surface area contributed by atoms with Crippen LogP contribution >= 0.6 is 0 Å². The maximum Gasteiger partial charge on any atom is 0.437 e. The predicted molar refractivity (Wildman–Crippen MR) is 170 cm³/mol. The Bertz CT molecular complexity index is 1400. The summed E-state index contributed by atoms with van der Waals surface area (Å²) >= 11 is 0. The molecule has 0 aromatic rings. The number of esters is 2. The summed E-state index contributed by atoms with van der Waals surface area (Å²) in [6.45, 7) is 9.77. The van der Waals surface area contributed by atoms with E-state index < -0.39 is 139 Å². The first-order chi connectivity index (χ1) is 27.8. The minimum atomic E-state index is -6.29. The first-order valence-corrected chi connectivity index (χ1v) is 18.2. The van der Waals surface area contributed by atoms with Gasteiger partial charge in [0, 0.05) is 11.8 Å². The van der Waals surface area contributed by atoms with Gasteiger partial charge in [0.05, 0.1) is 16.9 Å². The number of halogens is 24. The van der Waals surface area contributed by atoms with Gasteiger partial charge in [0.15, 0.2) is 0 Å². The molecule has 0 aromatic carbocycles. The lowest BCUT2D eigenvalue weighted by Crippen LogP contribution is -2.66. The van der Waals surface area contributed by atoms with Crippen molar-refractivity contribution in [2.24, 2.45) is 22.7 Å². The largest absolute Gasteiger partial charge is 0.442 e. The van der Waals surface area contributed by atoms with E-state index in [4.69, 9.17) is 0 Å². The lowest BCUT2D eigenvalue weighted by molar-refractivity contribution is -0.400. The molecule has 1 N–H and O–H groups in total. The van der Waals surface area contributed by atoms with Gasteiger partial charge >= 0.3 is 67.0 Å². The molecule has 64 heavy (non-hydrogen) atoms. The van der Waals surface area contributed by atoms with Crippen molar-refractivity contribution in [3.05, 3.63) is 0 Å². The molecular weight excluding hydrogens is 960 g/mol. The molecular formula is C34H44F24O6. The van der Waals surface area contributed by atoms with Crippen molar-refractivity contribution in [3.8, 4) is 0 Å². The molecule has 1 unspecified atom stereocenters. The van der Waals surface area contributed by atoms with Crippen LogP contribution in [0.25, 0.3) is 0 Å². The molecule has 1 fully saturated rings. The fourth-order valence-electron chi connectivity index (χ4n) is 5.19. The lowest BCUT2D eigenvalue weighted by Gasteiger charge is -2.47. The zero-order valence-corrected chi connectivity index (χ0v) is 34.4. The van der Waals surface area contributed by atoms with Crippen molar-refractivity contribution in [3.63, 3.8) is 0 Å². The quantitative estimate of drug-likeness (QED) is 0.164.